The van der Waals surface area contributed by atoms with Crippen LogP contribution in [0.5, 0.6) is 0 Å². The average Bonchev–Trinajstić information content (AvgIpc) is 2.54. The summed E-state index contributed by atoms with van der Waals surface area (Å²) in [5, 5.41) is 25.5. The maximum absolute atomic E-state index is 11.1. The number of non-ortho nitro benzene ring substituents is 1. The van der Waals surface area contributed by atoms with Gasteiger partial charge in [-0.1, -0.05) is 6.92 Å². The number of nitrogens with zero attached hydrogens (tertiary/aromatic N) is 3. The smallest absolute Gasteiger partial charge is 0.305 e. The van der Waals surface area contributed by atoms with Crippen molar-refractivity contribution in [3.63, 3.8) is 0 Å². The Morgan fingerprint density at radius 2 is 2.08 bits per heavy atom. The second kappa shape index (κ2) is 9.18. The highest BCUT2D eigenvalue weighted by Gasteiger charge is 2.19. The zero-order chi connectivity index (χ0) is 18.1. The van der Waals surface area contributed by atoms with Gasteiger partial charge in [-0.3, -0.25) is 30.4 Å². The normalized spacial score (nSPS) is 11.9. The lowest BCUT2D eigenvalue weighted by Crippen LogP contribution is -2.07. The molecule has 0 saturated heterocycles. The third-order valence-electron chi connectivity index (χ3n) is 3.20. The molecule has 0 spiro atoms. The first-order valence-electron chi connectivity index (χ1n) is 7.12. The Kier molecular flexibility index (Phi) is 7.27. The van der Waals surface area contributed by atoms with Gasteiger partial charge in [0.25, 0.3) is 5.69 Å². The van der Waals surface area contributed by atoms with Crippen LogP contribution in [0.4, 0.5) is 17.1 Å². The second-order valence-corrected chi connectivity index (χ2v) is 5.10. The van der Waals surface area contributed by atoms with Crippen LogP contribution in [0, 0.1) is 26.1 Å². The SMILES string of the molecule is COC(=O)CC(C)CCC=NNc1ccc([N+](=O)[O-])cc1[N+](=O)[O-]. The molecule has 1 unspecified atom stereocenters. The molecular weight excluding hydrogens is 320 g/mol. The van der Waals surface area contributed by atoms with Gasteiger partial charge in [-0.05, 0) is 24.8 Å². The van der Waals surface area contributed by atoms with E-state index < -0.39 is 15.5 Å². The van der Waals surface area contributed by atoms with Gasteiger partial charge < -0.3 is 4.74 Å². The summed E-state index contributed by atoms with van der Waals surface area (Å²) in [4.78, 5) is 31.3. The van der Waals surface area contributed by atoms with Crippen LogP contribution in [-0.4, -0.2) is 29.1 Å². The maximum Gasteiger partial charge on any atom is 0.305 e. The molecule has 0 aliphatic heterocycles. The van der Waals surface area contributed by atoms with Gasteiger partial charge in [0, 0.05) is 18.7 Å². The molecule has 0 amide bonds. The maximum atomic E-state index is 11.1. The van der Waals surface area contributed by atoms with Crippen molar-refractivity contribution in [1.82, 2.24) is 0 Å². The zero-order valence-electron chi connectivity index (χ0n) is 13.3. The number of anilines is 1. The van der Waals surface area contributed by atoms with Crippen molar-refractivity contribution in [3.05, 3.63) is 38.4 Å². The summed E-state index contributed by atoms with van der Waals surface area (Å²) in [6.07, 6.45) is 3.10. The first-order chi connectivity index (χ1) is 11.3. The minimum absolute atomic E-state index is 0.0597. The fourth-order valence-electron chi connectivity index (χ4n) is 1.89. The van der Waals surface area contributed by atoms with E-state index in [1.54, 1.807) is 0 Å². The van der Waals surface area contributed by atoms with Crippen LogP contribution in [0.3, 0.4) is 0 Å². The number of hydrazone groups is 1. The lowest BCUT2D eigenvalue weighted by atomic mass is 10.0. The molecule has 10 nitrogen and oxygen atoms in total. The summed E-state index contributed by atoms with van der Waals surface area (Å²) in [6.45, 7) is 1.90. The van der Waals surface area contributed by atoms with E-state index in [4.69, 9.17) is 0 Å². The van der Waals surface area contributed by atoms with Gasteiger partial charge in [0.15, 0.2) is 0 Å². The number of methoxy groups -OCH3 is 1. The number of nitrogens with one attached hydrogen (secondary N) is 1. The number of esters is 1. The number of hydrogen-bond acceptors (Lipinski definition) is 8. The molecule has 130 valence electrons. The van der Waals surface area contributed by atoms with Crippen molar-refractivity contribution in [1.29, 1.82) is 0 Å². The van der Waals surface area contributed by atoms with Crippen molar-refractivity contribution in [2.45, 2.75) is 26.2 Å². The topological polar surface area (TPSA) is 137 Å². The van der Waals surface area contributed by atoms with Gasteiger partial charge in [-0.15, -0.1) is 0 Å². The first kappa shape index (κ1) is 19.0. The van der Waals surface area contributed by atoms with E-state index in [1.165, 1.54) is 19.4 Å². The van der Waals surface area contributed by atoms with Crippen molar-refractivity contribution >= 4 is 29.2 Å². The molecule has 0 aliphatic rings. The quantitative estimate of drug-likeness (QED) is 0.316. The Morgan fingerprint density at radius 1 is 1.38 bits per heavy atom. The standard InChI is InChI=1S/C14H18N4O6/c1-10(8-14(19)24-2)4-3-7-15-16-12-6-5-11(17(20)21)9-13(12)18(22)23/h5-7,9-10,16H,3-4,8H2,1-2H3. The highest BCUT2D eigenvalue weighted by molar-refractivity contribution is 5.69. The molecule has 0 aliphatic carbocycles. The second-order valence-electron chi connectivity index (χ2n) is 5.10. The molecule has 0 radical (unpaired) electrons. The molecule has 0 aromatic heterocycles. The Labute approximate surface area is 137 Å². The van der Waals surface area contributed by atoms with Gasteiger partial charge >= 0.3 is 11.7 Å². The number of nitro benzene ring substituents is 2. The summed E-state index contributed by atoms with van der Waals surface area (Å²) in [5.41, 5.74) is 1.76. The van der Waals surface area contributed by atoms with Crippen molar-refractivity contribution in [3.8, 4) is 0 Å². The molecule has 1 aromatic rings. The van der Waals surface area contributed by atoms with Gasteiger partial charge in [-0.2, -0.15) is 5.10 Å². The van der Waals surface area contributed by atoms with Gasteiger partial charge in [0.2, 0.25) is 0 Å². The molecule has 0 heterocycles. The Morgan fingerprint density at radius 3 is 2.67 bits per heavy atom. The van der Waals surface area contributed by atoms with Crippen LogP contribution in [0.25, 0.3) is 0 Å². The minimum atomic E-state index is -0.719. The van der Waals surface area contributed by atoms with E-state index in [0.717, 1.165) is 12.1 Å². The lowest BCUT2D eigenvalue weighted by Gasteiger charge is -2.07. The van der Waals surface area contributed by atoms with Crippen molar-refractivity contribution in [2.75, 3.05) is 12.5 Å². The number of ether oxygens (including phenoxy) is 1. The largest absolute Gasteiger partial charge is 0.469 e. The third-order valence-corrected chi connectivity index (χ3v) is 3.20. The lowest BCUT2D eigenvalue weighted by molar-refractivity contribution is -0.393. The number of hydrogen-bond donors (Lipinski definition) is 1. The Balaban J connectivity index is 2.59. The summed E-state index contributed by atoms with van der Waals surface area (Å²) in [7, 11) is 1.33. The zero-order valence-corrected chi connectivity index (χ0v) is 13.3. The highest BCUT2D eigenvalue weighted by Crippen LogP contribution is 2.28. The van der Waals surface area contributed by atoms with E-state index >= 15 is 0 Å². The van der Waals surface area contributed by atoms with Crippen LogP contribution in [-0.2, 0) is 9.53 Å². The molecule has 0 saturated carbocycles. The Bertz CT molecular complexity index is 646. The summed E-state index contributed by atoms with van der Waals surface area (Å²) >= 11 is 0. The molecule has 10 heteroatoms. The van der Waals surface area contributed by atoms with Crippen LogP contribution in [0.1, 0.15) is 26.2 Å². The third kappa shape index (κ3) is 5.99. The molecule has 1 aromatic carbocycles. The van der Waals surface area contributed by atoms with Crippen LogP contribution in [0.2, 0.25) is 0 Å². The predicted molar refractivity (Wildman–Crippen MR) is 86.9 cm³/mol. The van der Waals surface area contributed by atoms with Crippen LogP contribution < -0.4 is 5.43 Å². The fourth-order valence-corrected chi connectivity index (χ4v) is 1.89. The van der Waals surface area contributed by atoms with Crippen LogP contribution >= 0.6 is 0 Å². The molecule has 1 N–H and O–H groups in total. The summed E-state index contributed by atoms with van der Waals surface area (Å²) in [6, 6.07) is 3.26. The van der Waals surface area contributed by atoms with E-state index in [1.807, 2.05) is 6.92 Å². The number of benzene rings is 1. The molecule has 24 heavy (non-hydrogen) atoms. The van der Waals surface area contributed by atoms with E-state index in [0.29, 0.717) is 19.3 Å². The van der Waals surface area contributed by atoms with E-state index in [-0.39, 0.29) is 23.3 Å². The van der Waals surface area contributed by atoms with Crippen molar-refractivity contribution in [2.24, 2.45) is 11.0 Å². The number of rotatable bonds is 9. The predicted octanol–water partition coefficient (Wildman–Crippen LogP) is 2.88. The number of nitro groups is 2. The van der Waals surface area contributed by atoms with Crippen LogP contribution in [0.15, 0.2) is 23.3 Å². The van der Waals surface area contributed by atoms with Crippen molar-refractivity contribution < 1.29 is 19.4 Å². The van der Waals surface area contributed by atoms with Gasteiger partial charge in [0.1, 0.15) is 5.69 Å². The highest BCUT2D eigenvalue weighted by atomic mass is 16.6. The molecular formula is C14H18N4O6. The Hall–Kier alpha value is -3.04. The molecule has 1 atom stereocenters. The first-order valence-corrected chi connectivity index (χ1v) is 7.12. The number of carbonyl (C=O) groups excluding carboxylic acids is 1. The number of carbonyl (C=O) groups is 1. The molecule has 0 bridgehead atoms. The summed E-state index contributed by atoms with van der Waals surface area (Å²) < 4.78 is 4.57. The molecule has 1 rings (SSSR count). The van der Waals surface area contributed by atoms with Gasteiger partial charge in [-0.25, -0.2) is 0 Å². The summed E-state index contributed by atoms with van der Waals surface area (Å²) in [5.74, 6) is -0.156. The monoisotopic (exact) mass is 338 g/mol. The van der Waals surface area contributed by atoms with E-state index in [2.05, 4.69) is 15.3 Å². The minimum Gasteiger partial charge on any atom is -0.469 e. The average molecular weight is 338 g/mol. The van der Waals surface area contributed by atoms with E-state index in [9.17, 15) is 25.0 Å². The van der Waals surface area contributed by atoms with Gasteiger partial charge in [0.05, 0.1) is 23.0 Å². The molecule has 0 fully saturated rings. The fraction of sp³-hybridized carbons (Fsp3) is 0.429.